The first-order chi connectivity index (χ1) is 7.61. The summed E-state index contributed by atoms with van der Waals surface area (Å²) in [6.07, 6.45) is 0.203. The van der Waals surface area contributed by atoms with Gasteiger partial charge in [0.15, 0.2) is 0 Å². The summed E-state index contributed by atoms with van der Waals surface area (Å²) in [7, 11) is 1.64. The summed E-state index contributed by atoms with van der Waals surface area (Å²) in [6.45, 7) is 1.93. The van der Waals surface area contributed by atoms with Crippen LogP contribution in [0.25, 0.3) is 0 Å². The third-order valence-electron chi connectivity index (χ3n) is 2.13. The number of ether oxygens (including phenoxy) is 1. The molecule has 1 unspecified atom stereocenters. The molecule has 0 amide bonds. The van der Waals surface area contributed by atoms with Crippen molar-refractivity contribution >= 4 is 17.7 Å². The maximum absolute atomic E-state index is 10.5. The lowest BCUT2D eigenvalue weighted by Crippen LogP contribution is -2.05. The highest BCUT2D eigenvalue weighted by Gasteiger charge is 2.08. The summed E-state index contributed by atoms with van der Waals surface area (Å²) in [5.74, 6) is 0.903. The van der Waals surface area contributed by atoms with E-state index in [0.717, 1.165) is 17.1 Å². The number of carboxylic acid groups (broad SMARTS) is 1. The third-order valence-corrected chi connectivity index (χ3v) is 3.37. The van der Waals surface area contributed by atoms with E-state index in [4.69, 9.17) is 9.84 Å². The van der Waals surface area contributed by atoms with Gasteiger partial charge in [0.25, 0.3) is 0 Å². The van der Waals surface area contributed by atoms with Crippen LogP contribution in [0.5, 0.6) is 5.75 Å². The van der Waals surface area contributed by atoms with Crippen LogP contribution < -0.4 is 4.74 Å². The van der Waals surface area contributed by atoms with Crippen molar-refractivity contribution in [3.63, 3.8) is 0 Å². The van der Waals surface area contributed by atoms with Gasteiger partial charge in [-0.1, -0.05) is 19.1 Å². The number of hydrogen-bond donors (Lipinski definition) is 1. The Bertz CT molecular complexity index is 352. The second kappa shape index (κ2) is 6.43. The van der Waals surface area contributed by atoms with Crippen molar-refractivity contribution in [2.45, 2.75) is 24.3 Å². The summed E-state index contributed by atoms with van der Waals surface area (Å²) in [6, 6.07) is 7.83. The SMILES string of the molecule is COc1cccc(CSC(C)CC(=O)O)c1. The largest absolute Gasteiger partial charge is 0.497 e. The number of carbonyl (C=O) groups is 1. The summed E-state index contributed by atoms with van der Waals surface area (Å²) < 4.78 is 5.12. The fourth-order valence-corrected chi connectivity index (χ4v) is 2.22. The molecule has 0 fully saturated rings. The highest BCUT2D eigenvalue weighted by molar-refractivity contribution is 7.99. The Labute approximate surface area is 99.8 Å². The predicted molar refractivity (Wildman–Crippen MR) is 66.0 cm³/mol. The van der Waals surface area contributed by atoms with Crippen molar-refractivity contribution in [2.24, 2.45) is 0 Å². The maximum Gasteiger partial charge on any atom is 0.304 e. The van der Waals surface area contributed by atoms with E-state index in [1.807, 2.05) is 31.2 Å². The molecule has 0 bridgehead atoms. The minimum Gasteiger partial charge on any atom is -0.497 e. The first kappa shape index (κ1) is 12.9. The van der Waals surface area contributed by atoms with Crippen LogP contribution in [0.1, 0.15) is 18.9 Å². The number of carboxylic acids is 1. The van der Waals surface area contributed by atoms with E-state index in [1.165, 1.54) is 0 Å². The Morgan fingerprint density at radius 3 is 2.94 bits per heavy atom. The third kappa shape index (κ3) is 4.57. The van der Waals surface area contributed by atoms with Crippen LogP contribution in [0.15, 0.2) is 24.3 Å². The normalized spacial score (nSPS) is 12.1. The predicted octanol–water partition coefficient (Wildman–Crippen LogP) is 2.79. The number of benzene rings is 1. The second-order valence-corrected chi connectivity index (χ2v) is 5.00. The van der Waals surface area contributed by atoms with Crippen LogP contribution in [0.4, 0.5) is 0 Å². The van der Waals surface area contributed by atoms with Gasteiger partial charge in [-0.2, -0.15) is 11.8 Å². The standard InChI is InChI=1S/C12H16O3S/c1-9(6-12(13)14)16-8-10-4-3-5-11(7-10)15-2/h3-5,7,9H,6,8H2,1-2H3,(H,13,14). The van der Waals surface area contributed by atoms with Gasteiger partial charge in [0.1, 0.15) is 5.75 Å². The summed E-state index contributed by atoms with van der Waals surface area (Å²) in [4.78, 5) is 10.5. The molecule has 0 aliphatic carbocycles. The monoisotopic (exact) mass is 240 g/mol. The Balaban J connectivity index is 2.44. The maximum atomic E-state index is 10.5. The molecule has 1 rings (SSSR count). The van der Waals surface area contributed by atoms with Gasteiger partial charge in [-0.05, 0) is 17.7 Å². The van der Waals surface area contributed by atoms with Crippen LogP contribution in [0.3, 0.4) is 0 Å². The molecule has 88 valence electrons. The molecule has 4 heteroatoms. The molecule has 1 aromatic rings. The molecule has 0 aliphatic rings. The molecule has 0 heterocycles. The van der Waals surface area contributed by atoms with Crippen molar-refractivity contribution in [1.82, 2.24) is 0 Å². The lowest BCUT2D eigenvalue weighted by Gasteiger charge is -2.09. The van der Waals surface area contributed by atoms with E-state index >= 15 is 0 Å². The van der Waals surface area contributed by atoms with Crippen molar-refractivity contribution in [1.29, 1.82) is 0 Å². The van der Waals surface area contributed by atoms with E-state index in [1.54, 1.807) is 18.9 Å². The molecule has 0 saturated carbocycles. The summed E-state index contributed by atoms with van der Waals surface area (Å²) in [5, 5.41) is 8.76. The molecule has 0 aliphatic heterocycles. The minimum absolute atomic E-state index is 0.128. The van der Waals surface area contributed by atoms with Gasteiger partial charge < -0.3 is 9.84 Å². The molecular formula is C12H16O3S. The van der Waals surface area contributed by atoms with E-state index in [-0.39, 0.29) is 11.7 Å². The van der Waals surface area contributed by atoms with E-state index in [9.17, 15) is 4.79 Å². The molecule has 0 saturated heterocycles. The van der Waals surface area contributed by atoms with Crippen molar-refractivity contribution < 1.29 is 14.6 Å². The molecule has 1 N–H and O–H groups in total. The van der Waals surface area contributed by atoms with Gasteiger partial charge in [-0.3, -0.25) is 4.79 Å². The highest BCUT2D eigenvalue weighted by atomic mass is 32.2. The topological polar surface area (TPSA) is 46.5 Å². The van der Waals surface area contributed by atoms with Crippen molar-refractivity contribution in [2.75, 3.05) is 7.11 Å². The average Bonchev–Trinajstić information content (AvgIpc) is 2.26. The Hall–Kier alpha value is -1.16. The molecule has 3 nitrogen and oxygen atoms in total. The molecule has 16 heavy (non-hydrogen) atoms. The van der Waals surface area contributed by atoms with Gasteiger partial charge in [0.05, 0.1) is 13.5 Å². The van der Waals surface area contributed by atoms with Gasteiger partial charge in [0, 0.05) is 11.0 Å². The van der Waals surface area contributed by atoms with E-state index in [0.29, 0.717) is 0 Å². The minimum atomic E-state index is -0.745. The quantitative estimate of drug-likeness (QED) is 0.830. The van der Waals surface area contributed by atoms with Gasteiger partial charge in [-0.25, -0.2) is 0 Å². The Morgan fingerprint density at radius 2 is 2.31 bits per heavy atom. The molecule has 0 spiro atoms. The average molecular weight is 240 g/mol. The van der Waals surface area contributed by atoms with Gasteiger partial charge in [0.2, 0.25) is 0 Å². The summed E-state index contributed by atoms with van der Waals surface area (Å²) in [5.41, 5.74) is 1.15. The molecule has 0 aromatic heterocycles. The first-order valence-corrected chi connectivity index (χ1v) is 6.13. The highest BCUT2D eigenvalue weighted by Crippen LogP contribution is 2.22. The number of hydrogen-bond acceptors (Lipinski definition) is 3. The fourth-order valence-electron chi connectivity index (χ4n) is 1.31. The zero-order valence-corrected chi connectivity index (χ0v) is 10.3. The Morgan fingerprint density at radius 1 is 1.56 bits per heavy atom. The van der Waals surface area contributed by atoms with Gasteiger partial charge >= 0.3 is 5.97 Å². The number of thioether (sulfide) groups is 1. The first-order valence-electron chi connectivity index (χ1n) is 5.08. The van der Waals surface area contributed by atoms with Crippen molar-refractivity contribution in [3.05, 3.63) is 29.8 Å². The molecule has 0 radical (unpaired) electrons. The molecular weight excluding hydrogens is 224 g/mol. The van der Waals surface area contributed by atoms with E-state index < -0.39 is 5.97 Å². The van der Waals surface area contributed by atoms with Crippen molar-refractivity contribution in [3.8, 4) is 5.75 Å². The smallest absolute Gasteiger partial charge is 0.304 e. The zero-order chi connectivity index (χ0) is 12.0. The lowest BCUT2D eigenvalue weighted by atomic mass is 10.2. The fraction of sp³-hybridized carbons (Fsp3) is 0.417. The lowest BCUT2D eigenvalue weighted by molar-refractivity contribution is -0.136. The second-order valence-electron chi connectivity index (χ2n) is 3.57. The van der Waals surface area contributed by atoms with Crippen LogP contribution in [-0.2, 0) is 10.5 Å². The zero-order valence-electron chi connectivity index (χ0n) is 9.47. The number of methoxy groups -OCH3 is 1. The Kier molecular flexibility index (Phi) is 5.19. The van der Waals surface area contributed by atoms with Gasteiger partial charge in [-0.15, -0.1) is 0 Å². The van der Waals surface area contributed by atoms with Crippen LogP contribution in [0.2, 0.25) is 0 Å². The van der Waals surface area contributed by atoms with Crippen LogP contribution in [-0.4, -0.2) is 23.4 Å². The van der Waals surface area contributed by atoms with E-state index in [2.05, 4.69) is 0 Å². The molecule has 1 aromatic carbocycles. The summed E-state index contributed by atoms with van der Waals surface area (Å²) >= 11 is 1.64. The van der Waals surface area contributed by atoms with Crippen LogP contribution >= 0.6 is 11.8 Å². The molecule has 1 atom stereocenters. The van der Waals surface area contributed by atoms with Crippen LogP contribution in [0, 0.1) is 0 Å². The number of aliphatic carboxylic acids is 1. The number of rotatable bonds is 6.